The number of nitrogens with zero attached hydrogens (tertiary/aromatic N) is 2. The highest BCUT2D eigenvalue weighted by Gasteiger charge is 2.10. The summed E-state index contributed by atoms with van der Waals surface area (Å²) in [5.74, 6) is 0.951. The van der Waals surface area contributed by atoms with Crippen LogP contribution in [0.25, 0.3) is 11.3 Å². The summed E-state index contributed by atoms with van der Waals surface area (Å²) in [5, 5.41) is 6.28. The van der Waals surface area contributed by atoms with Crippen LogP contribution in [0, 0.1) is 12.8 Å². The van der Waals surface area contributed by atoms with Gasteiger partial charge in [-0.15, -0.1) is 0 Å². The van der Waals surface area contributed by atoms with Gasteiger partial charge in [-0.1, -0.05) is 62.4 Å². The first kappa shape index (κ1) is 22.2. The molecule has 0 bridgehead atoms. The number of carbonyl (C=O) groups excluding carboxylic acids is 1. The monoisotopic (exact) mass is 436 g/mol. The molecule has 1 heterocycles. The van der Waals surface area contributed by atoms with Crippen LogP contribution in [0.2, 0.25) is 0 Å². The van der Waals surface area contributed by atoms with E-state index in [0.717, 1.165) is 28.9 Å². The SMILES string of the molecule is Cc1ccc(NC(=O)c2ccc(CC(C)C)cc2)cc1Nc1nccc(-c2ccccc2)n1. The van der Waals surface area contributed by atoms with E-state index in [9.17, 15) is 4.79 Å². The summed E-state index contributed by atoms with van der Waals surface area (Å²) in [7, 11) is 0. The third kappa shape index (κ3) is 5.83. The molecular weight excluding hydrogens is 408 g/mol. The quantitative estimate of drug-likeness (QED) is 0.340. The lowest BCUT2D eigenvalue weighted by Gasteiger charge is -2.12. The largest absolute Gasteiger partial charge is 0.324 e. The summed E-state index contributed by atoms with van der Waals surface area (Å²) >= 11 is 0. The molecule has 4 rings (SSSR count). The molecule has 0 unspecified atom stereocenters. The van der Waals surface area contributed by atoms with E-state index >= 15 is 0 Å². The molecule has 5 heteroatoms. The molecule has 0 fully saturated rings. The lowest BCUT2D eigenvalue weighted by Crippen LogP contribution is -2.12. The number of amides is 1. The Labute approximate surface area is 194 Å². The number of carbonyl (C=O) groups is 1. The third-order valence-corrected chi connectivity index (χ3v) is 5.33. The van der Waals surface area contributed by atoms with Crippen LogP contribution in [0.1, 0.15) is 35.3 Å². The van der Waals surface area contributed by atoms with Crippen molar-refractivity contribution in [3.63, 3.8) is 0 Å². The summed E-state index contributed by atoms with van der Waals surface area (Å²) in [6.45, 7) is 6.38. The predicted molar refractivity (Wildman–Crippen MR) is 135 cm³/mol. The first-order valence-electron chi connectivity index (χ1n) is 11.1. The molecule has 0 aliphatic rings. The zero-order valence-corrected chi connectivity index (χ0v) is 19.2. The zero-order valence-electron chi connectivity index (χ0n) is 19.2. The summed E-state index contributed by atoms with van der Waals surface area (Å²) in [6, 6.07) is 25.4. The van der Waals surface area contributed by atoms with Crippen LogP contribution in [0.3, 0.4) is 0 Å². The summed E-state index contributed by atoms with van der Waals surface area (Å²) in [4.78, 5) is 21.7. The minimum absolute atomic E-state index is 0.136. The summed E-state index contributed by atoms with van der Waals surface area (Å²) in [6.07, 6.45) is 2.74. The lowest BCUT2D eigenvalue weighted by atomic mass is 10.0. The van der Waals surface area contributed by atoms with Crippen molar-refractivity contribution in [1.29, 1.82) is 0 Å². The van der Waals surface area contributed by atoms with Crippen LogP contribution in [0.4, 0.5) is 17.3 Å². The van der Waals surface area contributed by atoms with Gasteiger partial charge in [0.2, 0.25) is 5.95 Å². The van der Waals surface area contributed by atoms with Crippen molar-refractivity contribution in [3.05, 3.63) is 102 Å². The summed E-state index contributed by atoms with van der Waals surface area (Å²) in [5.41, 5.74) is 6.32. The minimum atomic E-state index is -0.136. The molecule has 0 saturated heterocycles. The van der Waals surface area contributed by atoms with Gasteiger partial charge in [-0.25, -0.2) is 9.97 Å². The topological polar surface area (TPSA) is 66.9 Å². The van der Waals surface area contributed by atoms with E-state index in [1.165, 1.54) is 5.56 Å². The first-order chi connectivity index (χ1) is 16.0. The predicted octanol–water partition coefficient (Wildman–Crippen LogP) is 6.65. The number of rotatable bonds is 7. The fraction of sp³-hybridized carbons (Fsp3) is 0.179. The van der Waals surface area contributed by atoms with Gasteiger partial charge in [-0.3, -0.25) is 4.79 Å². The average Bonchev–Trinajstić information content (AvgIpc) is 2.82. The Hall–Kier alpha value is -3.99. The molecule has 2 N–H and O–H groups in total. The molecule has 0 aliphatic heterocycles. The second kappa shape index (κ2) is 10.1. The highest BCUT2D eigenvalue weighted by atomic mass is 16.1. The van der Waals surface area contributed by atoms with Crippen molar-refractivity contribution in [2.45, 2.75) is 27.2 Å². The maximum Gasteiger partial charge on any atom is 0.255 e. The number of hydrogen-bond donors (Lipinski definition) is 2. The van der Waals surface area contributed by atoms with Crippen LogP contribution >= 0.6 is 0 Å². The molecule has 0 atom stereocenters. The van der Waals surface area contributed by atoms with E-state index in [4.69, 9.17) is 0 Å². The van der Waals surface area contributed by atoms with E-state index in [1.807, 2.05) is 85.8 Å². The van der Waals surface area contributed by atoms with Gasteiger partial charge >= 0.3 is 0 Å². The maximum atomic E-state index is 12.7. The molecule has 5 nitrogen and oxygen atoms in total. The van der Waals surface area contributed by atoms with Crippen molar-refractivity contribution in [3.8, 4) is 11.3 Å². The first-order valence-corrected chi connectivity index (χ1v) is 11.1. The highest BCUT2D eigenvalue weighted by molar-refractivity contribution is 6.04. The smallest absolute Gasteiger partial charge is 0.255 e. The van der Waals surface area contributed by atoms with E-state index in [2.05, 4.69) is 34.4 Å². The number of aromatic nitrogens is 2. The molecule has 0 radical (unpaired) electrons. The molecule has 3 aromatic carbocycles. The van der Waals surface area contributed by atoms with E-state index in [0.29, 0.717) is 23.1 Å². The Morgan fingerprint density at radius 2 is 1.70 bits per heavy atom. The van der Waals surface area contributed by atoms with E-state index in [-0.39, 0.29) is 5.91 Å². The Kier molecular flexibility index (Phi) is 6.79. The average molecular weight is 437 g/mol. The second-order valence-electron chi connectivity index (χ2n) is 8.54. The molecule has 0 aliphatic carbocycles. The molecule has 33 heavy (non-hydrogen) atoms. The number of nitrogens with one attached hydrogen (secondary N) is 2. The maximum absolute atomic E-state index is 12.7. The van der Waals surface area contributed by atoms with Crippen LogP contribution in [0.15, 0.2) is 85.1 Å². The number of anilines is 3. The zero-order chi connectivity index (χ0) is 23.2. The van der Waals surface area contributed by atoms with Crippen molar-refractivity contribution in [2.75, 3.05) is 10.6 Å². The Morgan fingerprint density at radius 3 is 2.42 bits per heavy atom. The van der Waals surface area contributed by atoms with Gasteiger partial charge in [0.15, 0.2) is 0 Å². The molecular formula is C28H28N4O. The fourth-order valence-electron chi connectivity index (χ4n) is 3.61. The lowest BCUT2D eigenvalue weighted by molar-refractivity contribution is 0.102. The third-order valence-electron chi connectivity index (χ3n) is 5.33. The molecule has 0 saturated carbocycles. The van der Waals surface area contributed by atoms with Gasteiger partial charge in [0.25, 0.3) is 5.91 Å². The van der Waals surface area contributed by atoms with Gasteiger partial charge in [0, 0.05) is 28.7 Å². The van der Waals surface area contributed by atoms with E-state index in [1.54, 1.807) is 6.20 Å². The summed E-state index contributed by atoms with van der Waals surface area (Å²) < 4.78 is 0. The Balaban J connectivity index is 1.49. The van der Waals surface area contributed by atoms with Gasteiger partial charge in [-0.05, 0) is 60.7 Å². The highest BCUT2D eigenvalue weighted by Crippen LogP contribution is 2.25. The number of aryl methyl sites for hydroxylation is 1. The van der Waals surface area contributed by atoms with Crippen molar-refractivity contribution >= 4 is 23.2 Å². The molecule has 4 aromatic rings. The Bertz CT molecular complexity index is 1230. The van der Waals surface area contributed by atoms with Crippen LogP contribution in [-0.4, -0.2) is 15.9 Å². The van der Waals surface area contributed by atoms with Gasteiger partial charge in [0.1, 0.15) is 0 Å². The molecule has 0 spiro atoms. The fourth-order valence-corrected chi connectivity index (χ4v) is 3.61. The number of hydrogen-bond acceptors (Lipinski definition) is 4. The second-order valence-corrected chi connectivity index (χ2v) is 8.54. The molecule has 1 amide bonds. The van der Waals surface area contributed by atoms with Crippen LogP contribution in [-0.2, 0) is 6.42 Å². The van der Waals surface area contributed by atoms with Crippen molar-refractivity contribution in [1.82, 2.24) is 9.97 Å². The molecule has 1 aromatic heterocycles. The van der Waals surface area contributed by atoms with Crippen molar-refractivity contribution < 1.29 is 4.79 Å². The van der Waals surface area contributed by atoms with E-state index < -0.39 is 0 Å². The van der Waals surface area contributed by atoms with Crippen LogP contribution < -0.4 is 10.6 Å². The molecule has 166 valence electrons. The normalized spacial score (nSPS) is 10.8. The Morgan fingerprint density at radius 1 is 0.939 bits per heavy atom. The van der Waals surface area contributed by atoms with Gasteiger partial charge in [0.05, 0.1) is 5.69 Å². The standard InChI is InChI=1S/C28H28N4O/c1-19(2)17-21-10-12-23(13-11-21)27(33)30-24-14-9-20(3)26(18-24)32-28-29-16-15-25(31-28)22-7-5-4-6-8-22/h4-16,18-19H,17H2,1-3H3,(H,30,33)(H,29,31,32). The van der Waals surface area contributed by atoms with Crippen LogP contribution in [0.5, 0.6) is 0 Å². The van der Waals surface area contributed by atoms with Gasteiger partial charge in [-0.2, -0.15) is 0 Å². The van der Waals surface area contributed by atoms with Gasteiger partial charge < -0.3 is 10.6 Å². The minimum Gasteiger partial charge on any atom is -0.324 e. The van der Waals surface area contributed by atoms with Crippen molar-refractivity contribution in [2.24, 2.45) is 5.92 Å². The number of benzene rings is 3.